The van der Waals surface area contributed by atoms with Crippen molar-refractivity contribution in [3.63, 3.8) is 0 Å². The zero-order chi connectivity index (χ0) is 9.47. The summed E-state index contributed by atoms with van der Waals surface area (Å²) < 4.78 is 12.9. The number of rotatable bonds is 1. The number of nitrogens with zero attached hydrogens (tertiary/aromatic N) is 1. The Morgan fingerprint density at radius 1 is 1.38 bits per heavy atom. The summed E-state index contributed by atoms with van der Waals surface area (Å²) in [4.78, 5) is 0. The van der Waals surface area contributed by atoms with Gasteiger partial charge >= 0.3 is 0 Å². The van der Waals surface area contributed by atoms with E-state index >= 15 is 0 Å². The van der Waals surface area contributed by atoms with Crippen LogP contribution in [0.4, 0.5) is 4.39 Å². The first-order valence-electron chi connectivity index (χ1n) is 4.04. The first-order valence-corrected chi connectivity index (χ1v) is 4.42. The van der Waals surface area contributed by atoms with Crippen molar-refractivity contribution in [3.8, 4) is 6.07 Å². The van der Waals surface area contributed by atoms with Gasteiger partial charge < -0.3 is 0 Å². The highest BCUT2D eigenvalue weighted by Gasteiger charge is 2.45. The van der Waals surface area contributed by atoms with Crippen molar-refractivity contribution in [1.29, 1.82) is 5.26 Å². The molecule has 0 heterocycles. The Kier molecular flexibility index (Phi) is 1.78. The second-order valence-electron chi connectivity index (χ2n) is 3.35. The van der Waals surface area contributed by atoms with E-state index < -0.39 is 5.41 Å². The fourth-order valence-electron chi connectivity index (χ4n) is 1.42. The summed E-state index contributed by atoms with van der Waals surface area (Å²) in [6, 6.07) is 6.50. The topological polar surface area (TPSA) is 23.8 Å². The Morgan fingerprint density at radius 3 is 2.54 bits per heavy atom. The van der Waals surface area contributed by atoms with Crippen molar-refractivity contribution < 1.29 is 4.39 Å². The van der Waals surface area contributed by atoms with Crippen LogP contribution in [0.5, 0.6) is 0 Å². The van der Waals surface area contributed by atoms with Gasteiger partial charge in [0.1, 0.15) is 5.82 Å². The lowest BCUT2D eigenvalue weighted by molar-refractivity contribution is 0.623. The average molecular weight is 196 g/mol. The third-order valence-corrected chi connectivity index (χ3v) is 2.60. The molecule has 0 bridgehead atoms. The number of hydrogen-bond acceptors (Lipinski definition) is 1. The van der Waals surface area contributed by atoms with Crippen molar-refractivity contribution in [2.45, 2.75) is 18.3 Å². The minimum absolute atomic E-state index is 0.358. The minimum atomic E-state index is -0.453. The van der Waals surface area contributed by atoms with E-state index in [1.54, 1.807) is 6.07 Å². The van der Waals surface area contributed by atoms with Crippen molar-refractivity contribution in [2.24, 2.45) is 0 Å². The van der Waals surface area contributed by atoms with Gasteiger partial charge in [0.2, 0.25) is 0 Å². The Morgan fingerprint density at radius 2 is 2.08 bits per heavy atom. The molecule has 2 rings (SSSR count). The molecule has 0 aromatic heterocycles. The number of benzene rings is 1. The summed E-state index contributed by atoms with van der Waals surface area (Å²) in [6.45, 7) is 0. The molecule has 1 nitrogen and oxygen atoms in total. The fourth-order valence-corrected chi connectivity index (χ4v) is 1.64. The van der Waals surface area contributed by atoms with E-state index in [1.807, 2.05) is 0 Å². The lowest BCUT2D eigenvalue weighted by atomic mass is 9.98. The number of hydrogen-bond donors (Lipinski definition) is 0. The van der Waals surface area contributed by atoms with Crippen LogP contribution in [-0.4, -0.2) is 0 Å². The molecule has 1 aromatic rings. The van der Waals surface area contributed by atoms with E-state index in [0.717, 1.165) is 12.8 Å². The predicted molar refractivity (Wildman–Crippen MR) is 47.9 cm³/mol. The van der Waals surface area contributed by atoms with Crippen molar-refractivity contribution >= 4 is 11.6 Å². The molecule has 1 aliphatic rings. The van der Waals surface area contributed by atoms with Gasteiger partial charge in [-0.1, -0.05) is 11.6 Å². The third-order valence-electron chi connectivity index (χ3n) is 2.38. The van der Waals surface area contributed by atoms with E-state index in [2.05, 4.69) is 6.07 Å². The van der Waals surface area contributed by atoms with Crippen LogP contribution in [0.2, 0.25) is 5.02 Å². The summed E-state index contributed by atoms with van der Waals surface area (Å²) >= 11 is 5.69. The van der Waals surface area contributed by atoms with Crippen LogP contribution >= 0.6 is 11.6 Å². The highest BCUT2D eigenvalue weighted by molar-refractivity contribution is 6.30. The van der Waals surface area contributed by atoms with Gasteiger partial charge in [0, 0.05) is 5.02 Å². The molecule has 1 saturated carbocycles. The van der Waals surface area contributed by atoms with Gasteiger partial charge in [0.15, 0.2) is 0 Å². The van der Waals surface area contributed by atoms with Crippen LogP contribution < -0.4 is 0 Å². The summed E-state index contributed by atoms with van der Waals surface area (Å²) in [5.41, 5.74) is 0.256. The molecule has 0 N–H and O–H groups in total. The Bertz CT molecular complexity index is 370. The molecule has 0 saturated heterocycles. The number of nitriles is 1. The van der Waals surface area contributed by atoms with E-state index in [-0.39, 0.29) is 5.82 Å². The van der Waals surface area contributed by atoms with Crippen molar-refractivity contribution in [1.82, 2.24) is 0 Å². The molecule has 13 heavy (non-hydrogen) atoms. The SMILES string of the molecule is N#CC1(c2cc(F)cc(Cl)c2)CC1. The zero-order valence-electron chi connectivity index (χ0n) is 6.85. The van der Waals surface area contributed by atoms with Crippen LogP contribution in [-0.2, 0) is 5.41 Å². The Hall–Kier alpha value is -1.07. The van der Waals surface area contributed by atoms with Gasteiger partial charge in [-0.25, -0.2) is 4.39 Å². The maximum atomic E-state index is 12.9. The van der Waals surface area contributed by atoms with E-state index in [4.69, 9.17) is 16.9 Å². The van der Waals surface area contributed by atoms with Crippen LogP contribution in [0.1, 0.15) is 18.4 Å². The Balaban J connectivity index is 2.48. The minimum Gasteiger partial charge on any atom is -0.207 e. The molecular weight excluding hydrogens is 189 g/mol. The smallest absolute Gasteiger partial charge is 0.125 e. The lowest BCUT2D eigenvalue weighted by Crippen LogP contribution is -2.02. The highest BCUT2D eigenvalue weighted by atomic mass is 35.5. The van der Waals surface area contributed by atoms with Crippen molar-refractivity contribution in [3.05, 3.63) is 34.6 Å². The van der Waals surface area contributed by atoms with E-state index in [1.165, 1.54) is 12.1 Å². The number of halogens is 2. The molecule has 1 fully saturated rings. The van der Waals surface area contributed by atoms with E-state index in [9.17, 15) is 4.39 Å². The third kappa shape index (κ3) is 1.40. The summed E-state index contributed by atoms with van der Waals surface area (Å²) in [6.07, 6.45) is 1.62. The molecule has 0 spiro atoms. The highest BCUT2D eigenvalue weighted by Crippen LogP contribution is 2.48. The Labute approximate surface area is 80.7 Å². The molecular formula is C10H7ClFN. The van der Waals surface area contributed by atoms with Gasteiger partial charge in [-0.3, -0.25) is 0 Å². The largest absolute Gasteiger partial charge is 0.207 e. The van der Waals surface area contributed by atoms with Gasteiger partial charge in [-0.2, -0.15) is 5.26 Å². The quantitative estimate of drug-likeness (QED) is 0.676. The molecule has 3 heteroatoms. The second kappa shape index (κ2) is 2.71. The van der Waals surface area contributed by atoms with Crippen molar-refractivity contribution in [2.75, 3.05) is 0 Å². The molecule has 0 unspecified atom stereocenters. The molecule has 1 aromatic carbocycles. The van der Waals surface area contributed by atoms with Gasteiger partial charge in [-0.15, -0.1) is 0 Å². The van der Waals surface area contributed by atoms with Crippen LogP contribution in [0, 0.1) is 17.1 Å². The van der Waals surface area contributed by atoms with Gasteiger partial charge in [0.05, 0.1) is 11.5 Å². The van der Waals surface area contributed by atoms with Crippen LogP contribution in [0.25, 0.3) is 0 Å². The van der Waals surface area contributed by atoms with Gasteiger partial charge in [-0.05, 0) is 36.6 Å². The maximum Gasteiger partial charge on any atom is 0.125 e. The summed E-state index contributed by atoms with van der Waals surface area (Å²) in [5.74, 6) is -0.371. The molecule has 0 aliphatic heterocycles. The zero-order valence-corrected chi connectivity index (χ0v) is 7.61. The summed E-state index contributed by atoms with van der Waals surface area (Å²) in [5, 5.41) is 9.23. The first kappa shape index (κ1) is 8.52. The molecule has 0 atom stereocenters. The molecule has 66 valence electrons. The van der Waals surface area contributed by atoms with E-state index in [0.29, 0.717) is 10.6 Å². The fraction of sp³-hybridized carbons (Fsp3) is 0.300. The second-order valence-corrected chi connectivity index (χ2v) is 3.79. The first-order chi connectivity index (χ1) is 6.16. The molecule has 1 aliphatic carbocycles. The summed E-state index contributed by atoms with van der Waals surface area (Å²) in [7, 11) is 0. The van der Waals surface area contributed by atoms with Crippen LogP contribution in [0.15, 0.2) is 18.2 Å². The monoisotopic (exact) mass is 195 g/mol. The predicted octanol–water partition coefficient (Wildman–Crippen LogP) is 3.03. The standard InChI is InChI=1S/C10H7ClFN/c11-8-3-7(4-9(12)5-8)10(6-13)1-2-10/h3-5H,1-2H2. The average Bonchev–Trinajstić information content (AvgIpc) is 2.82. The molecule has 0 radical (unpaired) electrons. The van der Waals surface area contributed by atoms with Gasteiger partial charge in [0.25, 0.3) is 0 Å². The normalized spacial score (nSPS) is 17.9. The molecule has 0 amide bonds. The maximum absolute atomic E-state index is 12.9. The van der Waals surface area contributed by atoms with Crippen LogP contribution in [0.3, 0.4) is 0 Å². The lowest BCUT2D eigenvalue weighted by Gasteiger charge is -2.06.